The Kier molecular flexibility index (Phi) is 42.0. The van der Waals surface area contributed by atoms with E-state index in [9.17, 15) is 0 Å². The van der Waals surface area contributed by atoms with Crippen LogP contribution in [0.3, 0.4) is 0 Å². The van der Waals surface area contributed by atoms with Crippen LogP contribution < -0.4 is 0 Å². The molecular weight excluding hydrogens is 601 g/mol. The first-order valence-electron chi connectivity index (χ1n) is 21.3. The lowest BCUT2D eigenvalue weighted by molar-refractivity contribution is 0.0469. The summed E-state index contributed by atoms with van der Waals surface area (Å²) in [4.78, 5) is 0. The second-order valence-corrected chi connectivity index (χ2v) is 16.3. The van der Waals surface area contributed by atoms with Gasteiger partial charge in [-0.05, 0) is 37.9 Å². The Morgan fingerprint density at radius 1 is 0.370 bits per heavy atom. The van der Waals surface area contributed by atoms with Crippen molar-refractivity contribution >= 4 is 22.2 Å². The molecule has 0 radical (unpaired) electrons. The van der Waals surface area contributed by atoms with Gasteiger partial charge in [-0.25, -0.2) is 0 Å². The van der Waals surface area contributed by atoms with E-state index in [0.717, 1.165) is 51.1 Å². The highest BCUT2D eigenvalue weighted by Gasteiger charge is 2.21. The Bertz CT molecular complexity index is 512. The molecule has 0 spiro atoms. The number of hydrogen-bond acceptors (Lipinski definition) is 4. The molecule has 0 aliphatic rings. The van der Waals surface area contributed by atoms with Gasteiger partial charge in [0.2, 0.25) is 0 Å². The summed E-state index contributed by atoms with van der Waals surface area (Å²) in [7, 11) is -2.11. The fourth-order valence-electron chi connectivity index (χ4n) is 6.46. The lowest BCUT2D eigenvalue weighted by atomic mass is 10.0. The molecule has 1 atom stereocenters. The maximum Gasteiger partial charge on any atom is 0.484 e. The highest BCUT2D eigenvalue weighted by molar-refractivity contribution is 7.80. The Labute approximate surface area is 298 Å². The molecular formula is C41H86O3SSi. The standard InChI is InChI=1S/C41H86O3SSi/c1-4-7-10-13-16-19-22-23-26-29-32-36-41(37-35-40-45)44-46(42-38-33-30-27-24-20-17-14-11-8-5-2)43-39-34-31-28-25-21-18-15-12-9-6-3/h41,45-46H,4-40H2,1-3H3. The van der Waals surface area contributed by atoms with E-state index >= 15 is 0 Å². The second-order valence-electron chi connectivity index (χ2n) is 14.3. The van der Waals surface area contributed by atoms with Crippen molar-refractivity contribution in [2.45, 2.75) is 245 Å². The van der Waals surface area contributed by atoms with Crippen molar-refractivity contribution in [3.63, 3.8) is 0 Å². The van der Waals surface area contributed by atoms with Gasteiger partial charge in [0.15, 0.2) is 0 Å². The minimum absolute atomic E-state index is 0.280. The highest BCUT2D eigenvalue weighted by atomic mass is 32.1. The van der Waals surface area contributed by atoms with E-state index in [4.69, 9.17) is 13.3 Å². The van der Waals surface area contributed by atoms with Gasteiger partial charge in [0.25, 0.3) is 0 Å². The molecule has 5 heteroatoms. The SMILES string of the molecule is CCCCCCCCCCCCCC(CCCS)O[SiH](OCCCCCCCCCCCC)OCCCCCCCCCCCC. The molecule has 0 heterocycles. The zero-order chi connectivity index (χ0) is 33.4. The minimum atomic E-state index is -2.11. The van der Waals surface area contributed by atoms with E-state index in [-0.39, 0.29) is 6.10 Å². The van der Waals surface area contributed by atoms with E-state index in [2.05, 4.69) is 33.4 Å². The fraction of sp³-hybridized carbons (Fsp3) is 1.00. The molecule has 46 heavy (non-hydrogen) atoms. The average molecular weight is 687 g/mol. The summed E-state index contributed by atoms with van der Waals surface area (Å²) in [5.74, 6) is 0.934. The third kappa shape index (κ3) is 37.3. The van der Waals surface area contributed by atoms with E-state index in [1.54, 1.807) is 0 Å². The van der Waals surface area contributed by atoms with Crippen LogP contribution in [0.15, 0.2) is 0 Å². The summed E-state index contributed by atoms with van der Waals surface area (Å²) in [5, 5.41) is 0. The molecule has 0 aromatic heterocycles. The molecule has 0 saturated heterocycles. The lowest BCUT2D eigenvalue weighted by Gasteiger charge is -2.24. The quantitative estimate of drug-likeness (QED) is 0.0394. The molecule has 3 nitrogen and oxygen atoms in total. The monoisotopic (exact) mass is 687 g/mol. The number of rotatable bonds is 41. The Morgan fingerprint density at radius 3 is 0.978 bits per heavy atom. The van der Waals surface area contributed by atoms with Crippen molar-refractivity contribution in [2.24, 2.45) is 0 Å². The molecule has 0 aromatic carbocycles. The van der Waals surface area contributed by atoms with Crippen LogP contribution in [0.4, 0.5) is 0 Å². The van der Waals surface area contributed by atoms with E-state index in [0.29, 0.717) is 0 Å². The molecule has 0 saturated carbocycles. The summed E-state index contributed by atoms with van der Waals surface area (Å²) in [5.41, 5.74) is 0. The molecule has 0 aromatic rings. The minimum Gasteiger partial charge on any atom is -0.376 e. The van der Waals surface area contributed by atoms with E-state index in [1.165, 1.54) is 186 Å². The van der Waals surface area contributed by atoms with Gasteiger partial charge < -0.3 is 13.3 Å². The predicted octanol–water partition coefficient (Wildman–Crippen LogP) is 14.4. The first kappa shape index (κ1) is 46.4. The Hall–Kier alpha value is 0.447. The van der Waals surface area contributed by atoms with Gasteiger partial charge in [-0.3, -0.25) is 0 Å². The molecule has 0 rings (SSSR count). The molecule has 0 N–H and O–H groups in total. The first-order valence-corrected chi connectivity index (χ1v) is 23.3. The number of unbranched alkanes of at least 4 members (excludes halogenated alkanes) is 28. The van der Waals surface area contributed by atoms with Gasteiger partial charge in [0.1, 0.15) is 0 Å². The number of hydrogen-bond donors (Lipinski definition) is 1. The van der Waals surface area contributed by atoms with Crippen molar-refractivity contribution in [1.29, 1.82) is 0 Å². The van der Waals surface area contributed by atoms with Crippen molar-refractivity contribution in [1.82, 2.24) is 0 Å². The molecule has 0 bridgehead atoms. The van der Waals surface area contributed by atoms with Crippen LogP contribution in [0.1, 0.15) is 239 Å². The van der Waals surface area contributed by atoms with Crippen LogP contribution in [-0.4, -0.2) is 34.6 Å². The van der Waals surface area contributed by atoms with Crippen LogP contribution in [0.2, 0.25) is 0 Å². The van der Waals surface area contributed by atoms with Crippen molar-refractivity contribution < 1.29 is 13.3 Å². The molecule has 278 valence electrons. The largest absolute Gasteiger partial charge is 0.484 e. The lowest BCUT2D eigenvalue weighted by Crippen LogP contribution is -2.33. The second kappa shape index (κ2) is 41.6. The summed E-state index contributed by atoms with van der Waals surface area (Å²) < 4.78 is 19.5. The third-order valence-electron chi connectivity index (χ3n) is 9.62. The van der Waals surface area contributed by atoms with Crippen LogP contribution in [0.5, 0.6) is 0 Å². The van der Waals surface area contributed by atoms with Crippen molar-refractivity contribution in [3.05, 3.63) is 0 Å². The predicted molar refractivity (Wildman–Crippen MR) is 212 cm³/mol. The van der Waals surface area contributed by atoms with E-state index in [1.807, 2.05) is 0 Å². The molecule has 0 aliphatic carbocycles. The maximum atomic E-state index is 6.69. The van der Waals surface area contributed by atoms with Gasteiger partial charge in [-0.2, -0.15) is 12.6 Å². The van der Waals surface area contributed by atoms with Gasteiger partial charge in [-0.15, -0.1) is 0 Å². The maximum absolute atomic E-state index is 6.69. The third-order valence-corrected chi connectivity index (χ3v) is 11.6. The summed E-state index contributed by atoms with van der Waals surface area (Å²) in [6, 6.07) is 0. The zero-order valence-electron chi connectivity index (χ0n) is 32.0. The smallest absolute Gasteiger partial charge is 0.376 e. The summed E-state index contributed by atoms with van der Waals surface area (Å²) in [6.45, 7) is 8.51. The van der Waals surface area contributed by atoms with Crippen LogP contribution in [0.25, 0.3) is 0 Å². The van der Waals surface area contributed by atoms with Crippen LogP contribution in [0, 0.1) is 0 Å². The average Bonchev–Trinajstić information content (AvgIpc) is 3.06. The molecule has 0 aliphatic heterocycles. The summed E-state index contributed by atoms with van der Waals surface area (Å²) in [6.07, 6.45) is 46.0. The van der Waals surface area contributed by atoms with Crippen LogP contribution >= 0.6 is 12.6 Å². The fourth-order valence-corrected chi connectivity index (χ4v) is 8.20. The summed E-state index contributed by atoms with van der Waals surface area (Å²) >= 11 is 4.51. The topological polar surface area (TPSA) is 27.7 Å². The van der Waals surface area contributed by atoms with E-state index < -0.39 is 9.53 Å². The normalized spacial score (nSPS) is 12.5. The van der Waals surface area contributed by atoms with Crippen molar-refractivity contribution in [2.75, 3.05) is 19.0 Å². The van der Waals surface area contributed by atoms with Gasteiger partial charge in [-0.1, -0.05) is 207 Å². The van der Waals surface area contributed by atoms with Crippen molar-refractivity contribution in [3.8, 4) is 0 Å². The highest BCUT2D eigenvalue weighted by Crippen LogP contribution is 2.18. The first-order chi connectivity index (χ1) is 22.8. The van der Waals surface area contributed by atoms with Gasteiger partial charge in [0.05, 0.1) is 0 Å². The Morgan fingerprint density at radius 2 is 0.652 bits per heavy atom. The van der Waals surface area contributed by atoms with Crippen LogP contribution in [-0.2, 0) is 13.3 Å². The molecule has 0 fully saturated rings. The van der Waals surface area contributed by atoms with Gasteiger partial charge >= 0.3 is 9.53 Å². The van der Waals surface area contributed by atoms with Gasteiger partial charge in [0, 0.05) is 19.3 Å². The zero-order valence-corrected chi connectivity index (χ0v) is 34.0. The Balaban J connectivity index is 4.39. The number of thiol groups is 1. The molecule has 0 amide bonds. The molecule has 1 unspecified atom stereocenters.